The summed E-state index contributed by atoms with van der Waals surface area (Å²) in [6, 6.07) is 23.1. The molecule has 0 spiro atoms. The van der Waals surface area contributed by atoms with Gasteiger partial charge >= 0.3 is 5.56 Å². The van der Waals surface area contributed by atoms with Crippen molar-refractivity contribution in [1.82, 2.24) is 4.57 Å². The topological polar surface area (TPSA) is 67.6 Å². The Kier molecular flexibility index (Phi) is 7.27. The number of benzene rings is 3. The standard InChI is InChI=1S/C30H24Cl2N2O4/c1-19-29(21-8-11-24(35)12-9-21)33-14-4-3-5-28(33)34(30(19)36)17-20-6-13-26(27(15-20)37-2)38-18-22-7-10-23(31)16-25(22)32/h3-16H,17-18H2,1-2H3. The van der Waals surface area contributed by atoms with E-state index in [1.807, 2.05) is 53.1 Å². The molecule has 38 heavy (non-hydrogen) atoms. The summed E-state index contributed by atoms with van der Waals surface area (Å²) < 4.78 is 15.3. The van der Waals surface area contributed by atoms with Crippen molar-refractivity contribution in [2.75, 3.05) is 7.11 Å². The van der Waals surface area contributed by atoms with Crippen LogP contribution in [-0.2, 0) is 13.2 Å². The van der Waals surface area contributed by atoms with E-state index in [4.69, 9.17) is 32.7 Å². The quantitative estimate of drug-likeness (QED) is 0.250. The number of rotatable bonds is 7. The normalized spacial score (nSPS) is 11.1. The Morgan fingerprint density at radius 3 is 2.47 bits per heavy atom. The first kappa shape index (κ1) is 25.6. The van der Waals surface area contributed by atoms with Crippen molar-refractivity contribution >= 4 is 28.8 Å². The zero-order chi connectivity index (χ0) is 26.8. The fraction of sp³-hybridized carbons (Fsp3) is 0.133. The summed E-state index contributed by atoms with van der Waals surface area (Å²) in [6.07, 6.45) is 1.91. The van der Waals surface area contributed by atoms with Crippen molar-refractivity contribution in [2.45, 2.75) is 20.1 Å². The lowest BCUT2D eigenvalue weighted by Crippen LogP contribution is -2.38. The summed E-state index contributed by atoms with van der Waals surface area (Å²) in [5, 5.41) is 12.7. The number of fused-ring (bicyclic) bond motifs is 1. The molecule has 0 fully saturated rings. The molecule has 2 heterocycles. The molecule has 0 aliphatic carbocycles. The molecule has 192 valence electrons. The van der Waals surface area contributed by atoms with Gasteiger partial charge < -0.3 is 14.6 Å². The predicted molar refractivity (Wildman–Crippen MR) is 146 cm³/mol. The third-order valence-corrected chi connectivity index (χ3v) is 6.96. The summed E-state index contributed by atoms with van der Waals surface area (Å²) in [5.74, 6) is 1.03. The zero-order valence-electron chi connectivity index (χ0n) is 20.8. The van der Waals surface area contributed by atoms with Gasteiger partial charge in [0.25, 0.3) is 5.65 Å². The van der Waals surface area contributed by atoms with Crippen LogP contribution in [0.15, 0.2) is 89.9 Å². The van der Waals surface area contributed by atoms with E-state index in [1.165, 1.54) is 12.1 Å². The molecule has 0 N–H and O–H groups in total. The lowest BCUT2D eigenvalue weighted by molar-refractivity contribution is -0.504. The minimum Gasteiger partial charge on any atom is -0.872 e. The molecular formula is C30H24Cl2N2O4. The maximum absolute atomic E-state index is 13.6. The van der Waals surface area contributed by atoms with E-state index in [1.54, 1.807) is 42.9 Å². The van der Waals surface area contributed by atoms with E-state index in [0.29, 0.717) is 33.7 Å². The van der Waals surface area contributed by atoms with E-state index in [0.717, 1.165) is 28.0 Å². The molecule has 0 saturated carbocycles. The van der Waals surface area contributed by atoms with Gasteiger partial charge in [-0.25, -0.2) is 4.79 Å². The lowest BCUT2D eigenvalue weighted by atomic mass is 10.1. The van der Waals surface area contributed by atoms with Gasteiger partial charge in [-0.05, 0) is 42.8 Å². The first-order valence-electron chi connectivity index (χ1n) is 11.9. The summed E-state index contributed by atoms with van der Waals surface area (Å²) in [4.78, 5) is 13.6. The van der Waals surface area contributed by atoms with E-state index in [9.17, 15) is 9.90 Å². The second-order valence-corrected chi connectivity index (χ2v) is 9.67. The summed E-state index contributed by atoms with van der Waals surface area (Å²) >= 11 is 12.3. The van der Waals surface area contributed by atoms with Crippen LogP contribution >= 0.6 is 23.2 Å². The van der Waals surface area contributed by atoms with Gasteiger partial charge in [0.05, 0.1) is 18.9 Å². The van der Waals surface area contributed by atoms with Crippen molar-refractivity contribution in [3.8, 4) is 28.5 Å². The molecule has 8 heteroatoms. The molecule has 0 radical (unpaired) electrons. The molecule has 0 bridgehead atoms. The Labute approximate surface area is 229 Å². The van der Waals surface area contributed by atoms with Gasteiger partial charge in [0.15, 0.2) is 17.2 Å². The van der Waals surface area contributed by atoms with E-state index >= 15 is 0 Å². The zero-order valence-corrected chi connectivity index (χ0v) is 22.3. The molecule has 5 rings (SSSR count). The minimum absolute atomic E-state index is 0.0771. The van der Waals surface area contributed by atoms with Crippen molar-refractivity contribution in [1.29, 1.82) is 0 Å². The van der Waals surface area contributed by atoms with Crippen molar-refractivity contribution in [3.05, 3.63) is 122 Å². The molecule has 0 saturated heterocycles. The Morgan fingerprint density at radius 2 is 1.74 bits per heavy atom. The third-order valence-electron chi connectivity index (χ3n) is 6.37. The van der Waals surface area contributed by atoms with Gasteiger partial charge in [0, 0.05) is 27.2 Å². The molecule has 3 aromatic carbocycles. The highest BCUT2D eigenvalue weighted by atomic mass is 35.5. The number of aromatic nitrogens is 2. The Hall–Kier alpha value is -4.00. The number of nitrogens with zero attached hydrogens (tertiary/aromatic N) is 2. The van der Waals surface area contributed by atoms with Crippen LogP contribution in [0.25, 0.3) is 16.9 Å². The highest BCUT2D eigenvalue weighted by Crippen LogP contribution is 2.31. The number of ether oxygens (including phenoxy) is 2. The van der Waals surface area contributed by atoms with E-state index < -0.39 is 0 Å². The molecule has 2 aromatic heterocycles. The Bertz CT molecular complexity index is 1700. The molecule has 6 nitrogen and oxygen atoms in total. The van der Waals surface area contributed by atoms with Gasteiger partial charge in [-0.3, -0.25) is 0 Å². The largest absolute Gasteiger partial charge is 0.872 e. The van der Waals surface area contributed by atoms with Gasteiger partial charge in [0.2, 0.25) is 0 Å². The van der Waals surface area contributed by atoms with Crippen molar-refractivity contribution in [3.63, 3.8) is 0 Å². The van der Waals surface area contributed by atoms with Crippen LogP contribution in [0.3, 0.4) is 0 Å². The molecule has 0 aliphatic rings. The number of hydrogen-bond acceptors (Lipinski definition) is 4. The maximum atomic E-state index is 13.6. The molecule has 0 aliphatic heterocycles. The second-order valence-electron chi connectivity index (χ2n) is 8.83. The maximum Gasteiger partial charge on any atom is 0.341 e. The predicted octanol–water partition coefficient (Wildman–Crippen LogP) is 5.58. The van der Waals surface area contributed by atoms with Crippen LogP contribution < -0.4 is 24.5 Å². The van der Waals surface area contributed by atoms with Gasteiger partial charge in [0.1, 0.15) is 13.2 Å². The summed E-state index contributed by atoms with van der Waals surface area (Å²) in [6.45, 7) is 2.38. The molecule has 0 atom stereocenters. The Morgan fingerprint density at radius 1 is 0.947 bits per heavy atom. The number of pyridine rings is 1. The first-order valence-corrected chi connectivity index (χ1v) is 12.7. The van der Waals surface area contributed by atoms with E-state index in [2.05, 4.69) is 0 Å². The first-order chi connectivity index (χ1) is 18.4. The third kappa shape index (κ3) is 5.05. The number of hydrogen-bond donors (Lipinski definition) is 0. The average molecular weight is 547 g/mol. The van der Waals surface area contributed by atoms with Crippen LogP contribution in [0.5, 0.6) is 17.2 Å². The lowest BCUT2D eigenvalue weighted by Gasteiger charge is -2.14. The monoisotopic (exact) mass is 546 g/mol. The van der Waals surface area contributed by atoms with Crippen LogP contribution in [0.2, 0.25) is 10.0 Å². The van der Waals surface area contributed by atoms with Crippen molar-refractivity contribution in [2.24, 2.45) is 0 Å². The van der Waals surface area contributed by atoms with E-state index in [-0.39, 0.29) is 17.9 Å². The molecular weight excluding hydrogens is 523 g/mol. The molecule has 5 aromatic rings. The van der Waals surface area contributed by atoms with Crippen LogP contribution in [0, 0.1) is 6.92 Å². The van der Waals surface area contributed by atoms with Crippen LogP contribution in [0.1, 0.15) is 16.7 Å². The van der Waals surface area contributed by atoms with Crippen molar-refractivity contribution < 1.29 is 19.0 Å². The summed E-state index contributed by atoms with van der Waals surface area (Å²) in [5.41, 5.74) is 4.42. The molecule has 0 unspecified atom stereocenters. The molecule has 0 amide bonds. The fourth-order valence-electron chi connectivity index (χ4n) is 4.46. The van der Waals surface area contributed by atoms with Gasteiger partial charge in [-0.1, -0.05) is 65.7 Å². The smallest absolute Gasteiger partial charge is 0.341 e. The second kappa shape index (κ2) is 10.8. The average Bonchev–Trinajstić information content (AvgIpc) is 2.92. The highest BCUT2D eigenvalue weighted by Gasteiger charge is 2.22. The SMILES string of the molecule is COc1cc(Cn2c(=O)c(C)c(-c3ccc([O-])cc3)[n+]3ccccc23)ccc1OCc1ccc(Cl)cc1Cl. The Balaban J connectivity index is 1.49. The van der Waals surface area contributed by atoms with Crippen LogP contribution in [0.4, 0.5) is 0 Å². The van der Waals surface area contributed by atoms with Crippen LogP contribution in [-0.4, -0.2) is 11.7 Å². The van der Waals surface area contributed by atoms with Gasteiger partial charge in [-0.15, -0.1) is 5.75 Å². The van der Waals surface area contributed by atoms with Gasteiger partial charge in [-0.2, -0.15) is 8.97 Å². The number of methoxy groups -OCH3 is 1. The highest BCUT2D eigenvalue weighted by molar-refractivity contribution is 6.35. The summed E-state index contributed by atoms with van der Waals surface area (Å²) in [7, 11) is 1.57. The minimum atomic E-state index is -0.117. The fourth-order valence-corrected chi connectivity index (χ4v) is 4.92. The number of halogens is 2.